The van der Waals surface area contributed by atoms with Crippen molar-refractivity contribution >= 4 is 35.8 Å². The molecule has 0 bridgehead atoms. The van der Waals surface area contributed by atoms with Gasteiger partial charge < -0.3 is 19.9 Å². The maximum atomic E-state index is 11.6. The highest BCUT2D eigenvalue weighted by Gasteiger charge is 2.07. The number of hydrogen-bond donors (Lipinski definition) is 1. The van der Waals surface area contributed by atoms with Crippen molar-refractivity contribution in [2.24, 2.45) is 4.99 Å². The number of guanidine groups is 1. The normalized spacial score (nSPS) is 10.6. The largest absolute Gasteiger partial charge is 0.484 e. The minimum Gasteiger partial charge on any atom is -0.484 e. The average molecular weight is 502 g/mol. The Kier molecular flexibility index (Phi) is 14.2. The predicted octanol–water partition coefficient (Wildman–Crippen LogP) is 3.53. The molecule has 1 aromatic rings. The number of nitrogens with zero attached hydrogens (tertiary/aromatic N) is 3. The lowest BCUT2D eigenvalue weighted by Gasteiger charge is -2.22. The van der Waals surface area contributed by atoms with Gasteiger partial charge in [0.25, 0.3) is 5.91 Å². The molecule has 1 rings (SSSR count). The zero-order chi connectivity index (χ0) is 20.1. The van der Waals surface area contributed by atoms with E-state index in [0.717, 1.165) is 30.9 Å². The van der Waals surface area contributed by atoms with Crippen LogP contribution in [-0.2, 0) is 11.3 Å². The molecule has 0 aliphatic heterocycles. The smallest absolute Gasteiger partial charge is 0.259 e. The van der Waals surface area contributed by atoms with E-state index in [-0.39, 0.29) is 36.5 Å². The fraction of sp³-hybridized carbons (Fsp3) is 0.524. The molecule has 0 unspecified atom stereocenters. The fourth-order valence-electron chi connectivity index (χ4n) is 2.51. The maximum Gasteiger partial charge on any atom is 0.259 e. The van der Waals surface area contributed by atoms with E-state index in [1.807, 2.05) is 30.3 Å². The van der Waals surface area contributed by atoms with Crippen LogP contribution in [0.2, 0.25) is 0 Å². The Balaban J connectivity index is 0.00000729. The van der Waals surface area contributed by atoms with Crippen molar-refractivity contribution in [1.82, 2.24) is 15.1 Å². The van der Waals surface area contributed by atoms with E-state index in [2.05, 4.69) is 28.8 Å². The van der Waals surface area contributed by atoms with Crippen LogP contribution in [0.5, 0.6) is 5.75 Å². The van der Waals surface area contributed by atoms with Crippen LogP contribution >= 0.6 is 24.0 Å². The summed E-state index contributed by atoms with van der Waals surface area (Å²) in [4.78, 5) is 19.6. The van der Waals surface area contributed by atoms with Gasteiger partial charge in [-0.05, 0) is 37.0 Å². The van der Waals surface area contributed by atoms with Crippen LogP contribution in [0, 0.1) is 0 Å². The van der Waals surface area contributed by atoms with E-state index in [9.17, 15) is 4.79 Å². The summed E-state index contributed by atoms with van der Waals surface area (Å²) in [5.41, 5.74) is 1.07. The number of allylic oxidation sites excluding steroid dienone is 1. The van der Waals surface area contributed by atoms with E-state index in [1.54, 1.807) is 21.1 Å². The summed E-state index contributed by atoms with van der Waals surface area (Å²) < 4.78 is 5.57. The molecule has 0 aromatic heterocycles. The molecule has 0 radical (unpaired) electrons. The number of benzene rings is 1. The van der Waals surface area contributed by atoms with Crippen molar-refractivity contribution in [3.8, 4) is 5.75 Å². The number of hydrogen-bond acceptors (Lipinski definition) is 3. The Morgan fingerprint density at radius 3 is 2.64 bits per heavy atom. The second-order valence-corrected chi connectivity index (χ2v) is 6.68. The van der Waals surface area contributed by atoms with Crippen molar-refractivity contribution in [3.63, 3.8) is 0 Å². The number of nitrogens with one attached hydrogen (secondary N) is 1. The Bertz CT molecular complexity index is 620. The van der Waals surface area contributed by atoms with Gasteiger partial charge in [0.15, 0.2) is 12.6 Å². The third-order valence-electron chi connectivity index (χ3n) is 4.19. The molecule has 0 spiro atoms. The van der Waals surface area contributed by atoms with Gasteiger partial charge in [-0.2, -0.15) is 0 Å². The zero-order valence-corrected chi connectivity index (χ0v) is 19.9. The maximum absolute atomic E-state index is 11.6. The van der Waals surface area contributed by atoms with Crippen LogP contribution < -0.4 is 10.1 Å². The number of likely N-dealkylation sites (N-methyl/N-ethyl adjacent to an activating group) is 1. The third-order valence-corrected chi connectivity index (χ3v) is 4.19. The first-order chi connectivity index (χ1) is 13.0. The highest BCUT2D eigenvalue weighted by atomic mass is 127. The van der Waals surface area contributed by atoms with Crippen LogP contribution in [0.3, 0.4) is 0 Å². The quantitative estimate of drug-likeness (QED) is 0.166. The monoisotopic (exact) mass is 502 g/mol. The number of halogens is 1. The number of carbonyl (C=O) groups is 1. The Labute approximate surface area is 187 Å². The van der Waals surface area contributed by atoms with Gasteiger partial charge in [-0.25, -0.2) is 0 Å². The lowest BCUT2D eigenvalue weighted by molar-refractivity contribution is -0.130. The van der Waals surface area contributed by atoms with Crippen molar-refractivity contribution in [2.45, 2.75) is 32.2 Å². The molecular formula is C21H35IN4O2. The van der Waals surface area contributed by atoms with Crippen molar-refractivity contribution in [1.29, 1.82) is 0 Å². The third kappa shape index (κ3) is 10.5. The molecule has 0 heterocycles. The van der Waals surface area contributed by atoms with Crippen LogP contribution in [0.25, 0.3) is 0 Å². The van der Waals surface area contributed by atoms with Crippen molar-refractivity contribution in [3.05, 3.63) is 42.5 Å². The number of amides is 1. The summed E-state index contributed by atoms with van der Waals surface area (Å²) in [6.07, 6.45) is 6.56. The molecule has 0 atom stereocenters. The van der Waals surface area contributed by atoms with Gasteiger partial charge in [0.2, 0.25) is 0 Å². The molecular weight excluding hydrogens is 467 g/mol. The first-order valence-electron chi connectivity index (χ1n) is 9.42. The second-order valence-electron chi connectivity index (χ2n) is 6.68. The number of carbonyl (C=O) groups excluding carboxylic acids is 1. The first-order valence-corrected chi connectivity index (χ1v) is 9.42. The van der Waals surface area contributed by atoms with E-state index in [0.29, 0.717) is 12.3 Å². The fourth-order valence-corrected chi connectivity index (χ4v) is 2.51. The zero-order valence-electron chi connectivity index (χ0n) is 17.6. The molecule has 1 aromatic carbocycles. The Morgan fingerprint density at radius 1 is 1.25 bits per heavy atom. The van der Waals surface area contributed by atoms with Gasteiger partial charge in [0, 0.05) is 41.3 Å². The van der Waals surface area contributed by atoms with Gasteiger partial charge in [0.05, 0.1) is 0 Å². The van der Waals surface area contributed by atoms with Gasteiger partial charge in [-0.15, -0.1) is 30.6 Å². The lowest BCUT2D eigenvalue weighted by atomic mass is 10.2. The Morgan fingerprint density at radius 2 is 2.00 bits per heavy atom. The van der Waals surface area contributed by atoms with E-state index < -0.39 is 0 Å². The highest BCUT2D eigenvalue weighted by molar-refractivity contribution is 14.0. The number of ether oxygens (including phenoxy) is 1. The summed E-state index contributed by atoms with van der Waals surface area (Å²) in [5.74, 6) is 1.50. The predicted molar refractivity (Wildman–Crippen MR) is 128 cm³/mol. The summed E-state index contributed by atoms with van der Waals surface area (Å²) in [6.45, 7) is 5.41. The standard InChI is InChI=1S/C21H34N4O2.HI/c1-6-7-8-9-10-14-25(5)21(22-2)23-16-18-12-11-13-19(15-18)27-17-20(26)24(3)4;/h6,11-13,15H,1,7-10,14,16-17H2,2-5H3,(H,22,23);1H. The minimum absolute atomic E-state index is 0. The molecule has 1 N–H and O–H groups in total. The summed E-state index contributed by atoms with van der Waals surface area (Å²) >= 11 is 0. The topological polar surface area (TPSA) is 57.2 Å². The molecule has 1 amide bonds. The molecule has 28 heavy (non-hydrogen) atoms. The molecule has 0 fully saturated rings. The molecule has 7 heteroatoms. The molecule has 0 aliphatic rings. The molecule has 0 saturated heterocycles. The van der Waals surface area contributed by atoms with Crippen LogP contribution in [0.4, 0.5) is 0 Å². The van der Waals surface area contributed by atoms with Gasteiger partial charge in [0.1, 0.15) is 5.75 Å². The van der Waals surface area contributed by atoms with E-state index >= 15 is 0 Å². The van der Waals surface area contributed by atoms with Gasteiger partial charge in [-0.3, -0.25) is 9.79 Å². The van der Waals surface area contributed by atoms with Crippen LogP contribution in [0.15, 0.2) is 41.9 Å². The van der Waals surface area contributed by atoms with Crippen LogP contribution in [0.1, 0.15) is 31.2 Å². The van der Waals surface area contributed by atoms with Gasteiger partial charge in [-0.1, -0.05) is 24.6 Å². The minimum atomic E-state index is -0.0614. The molecule has 0 saturated carbocycles. The highest BCUT2D eigenvalue weighted by Crippen LogP contribution is 2.13. The molecule has 0 aliphatic carbocycles. The van der Waals surface area contributed by atoms with E-state index in [1.165, 1.54) is 17.7 Å². The summed E-state index contributed by atoms with van der Waals surface area (Å²) in [7, 11) is 7.28. The molecule has 158 valence electrons. The van der Waals surface area contributed by atoms with E-state index in [4.69, 9.17) is 4.74 Å². The Hall–Kier alpha value is -1.77. The number of unbranched alkanes of at least 4 members (excludes halogenated alkanes) is 3. The van der Waals surface area contributed by atoms with Gasteiger partial charge >= 0.3 is 0 Å². The number of rotatable bonds is 11. The van der Waals surface area contributed by atoms with Crippen LogP contribution in [-0.4, -0.2) is 63.0 Å². The number of aliphatic imine (C=N–C) groups is 1. The summed E-state index contributed by atoms with van der Waals surface area (Å²) in [5, 5.41) is 3.38. The SMILES string of the molecule is C=CCCCCCN(C)C(=NC)NCc1cccc(OCC(=O)N(C)C)c1.I. The molecule has 6 nitrogen and oxygen atoms in total. The lowest BCUT2D eigenvalue weighted by Crippen LogP contribution is -2.39. The first kappa shape index (κ1) is 26.2. The average Bonchev–Trinajstić information content (AvgIpc) is 2.66. The second kappa shape index (κ2) is 15.2. The van der Waals surface area contributed by atoms with Crippen molar-refractivity contribution in [2.75, 3.05) is 41.3 Å². The summed E-state index contributed by atoms with van der Waals surface area (Å²) in [6, 6.07) is 7.75. The van der Waals surface area contributed by atoms with Crippen molar-refractivity contribution < 1.29 is 9.53 Å².